The summed E-state index contributed by atoms with van der Waals surface area (Å²) in [5.41, 5.74) is 1.21. The minimum atomic E-state index is -0.616. The zero-order valence-corrected chi connectivity index (χ0v) is 16.0. The van der Waals surface area contributed by atoms with Gasteiger partial charge in [-0.3, -0.25) is 14.9 Å². The molecule has 0 unspecified atom stereocenters. The number of nitro groups is 1. The fourth-order valence-electron chi connectivity index (χ4n) is 3.53. The Bertz CT molecular complexity index is 926. The topological polar surface area (TPSA) is 90.5 Å². The van der Waals surface area contributed by atoms with Gasteiger partial charge in [0.25, 0.3) is 5.69 Å². The van der Waals surface area contributed by atoms with Crippen LogP contribution in [0.15, 0.2) is 48.5 Å². The molecule has 0 atom stereocenters. The lowest BCUT2D eigenvalue weighted by Crippen LogP contribution is -2.53. The normalized spacial score (nSPS) is 14.5. The van der Waals surface area contributed by atoms with E-state index in [9.17, 15) is 20.2 Å². The van der Waals surface area contributed by atoms with Crippen molar-refractivity contribution in [1.29, 1.82) is 5.26 Å². The molecule has 1 aliphatic heterocycles. The van der Waals surface area contributed by atoms with Crippen molar-refractivity contribution in [2.45, 2.75) is 19.3 Å². The Hall–Kier alpha value is -3.40. The second kappa shape index (κ2) is 7.69. The highest BCUT2D eigenvalue weighted by molar-refractivity contribution is 5.87. The molecule has 2 aromatic rings. The van der Waals surface area contributed by atoms with Crippen LogP contribution in [-0.2, 0) is 10.2 Å². The highest BCUT2D eigenvalue weighted by Crippen LogP contribution is 2.29. The lowest BCUT2D eigenvalue weighted by Gasteiger charge is -2.39. The van der Waals surface area contributed by atoms with Crippen molar-refractivity contribution in [2.24, 2.45) is 0 Å². The summed E-state index contributed by atoms with van der Waals surface area (Å²) < 4.78 is 0. The second-order valence-corrected chi connectivity index (χ2v) is 7.34. The number of hydrogen-bond acceptors (Lipinski definition) is 5. The fourth-order valence-corrected chi connectivity index (χ4v) is 3.53. The van der Waals surface area contributed by atoms with Crippen LogP contribution < -0.4 is 4.90 Å². The Balaban J connectivity index is 1.72. The molecule has 0 saturated carbocycles. The molecule has 3 rings (SSSR count). The number of nitrogens with zero attached hydrogens (tertiary/aromatic N) is 4. The molecule has 144 valence electrons. The maximum absolute atomic E-state index is 13.1. The van der Waals surface area contributed by atoms with Gasteiger partial charge < -0.3 is 9.80 Å². The van der Waals surface area contributed by atoms with Crippen molar-refractivity contribution in [3.8, 4) is 6.07 Å². The van der Waals surface area contributed by atoms with Crippen LogP contribution in [0, 0.1) is 21.4 Å². The van der Waals surface area contributed by atoms with Crippen LogP contribution in [0.4, 0.5) is 11.4 Å². The van der Waals surface area contributed by atoms with Crippen LogP contribution in [0.3, 0.4) is 0 Å². The Morgan fingerprint density at radius 3 is 2.32 bits per heavy atom. The third-order valence-corrected chi connectivity index (χ3v) is 5.25. The molecular weight excluding hydrogens is 356 g/mol. The molecule has 0 aliphatic carbocycles. The van der Waals surface area contributed by atoms with E-state index in [2.05, 4.69) is 0 Å². The number of benzene rings is 2. The van der Waals surface area contributed by atoms with Gasteiger partial charge in [0.2, 0.25) is 5.91 Å². The molecule has 1 fully saturated rings. The summed E-state index contributed by atoms with van der Waals surface area (Å²) in [6.45, 7) is 6.09. The van der Waals surface area contributed by atoms with Crippen molar-refractivity contribution in [3.63, 3.8) is 0 Å². The summed E-state index contributed by atoms with van der Waals surface area (Å²) >= 11 is 0. The average Bonchev–Trinajstić information content (AvgIpc) is 2.73. The number of hydrogen-bond donors (Lipinski definition) is 0. The van der Waals surface area contributed by atoms with Gasteiger partial charge >= 0.3 is 0 Å². The Morgan fingerprint density at radius 2 is 1.75 bits per heavy atom. The molecule has 1 heterocycles. The molecule has 0 aromatic heterocycles. The van der Waals surface area contributed by atoms with Crippen LogP contribution >= 0.6 is 0 Å². The first-order chi connectivity index (χ1) is 13.3. The highest BCUT2D eigenvalue weighted by atomic mass is 16.6. The molecule has 0 bridgehead atoms. The van der Waals surface area contributed by atoms with E-state index in [0.29, 0.717) is 31.9 Å². The summed E-state index contributed by atoms with van der Waals surface area (Å²) in [4.78, 5) is 27.4. The van der Waals surface area contributed by atoms with Gasteiger partial charge in [0, 0.05) is 38.3 Å². The van der Waals surface area contributed by atoms with Gasteiger partial charge in [-0.05, 0) is 25.5 Å². The van der Waals surface area contributed by atoms with E-state index in [4.69, 9.17) is 0 Å². The van der Waals surface area contributed by atoms with E-state index in [1.165, 1.54) is 12.1 Å². The minimum absolute atomic E-state index is 0.0718. The summed E-state index contributed by atoms with van der Waals surface area (Å²) in [6, 6.07) is 16.1. The summed E-state index contributed by atoms with van der Waals surface area (Å²) in [7, 11) is 0. The van der Waals surface area contributed by atoms with Crippen molar-refractivity contribution in [1.82, 2.24) is 4.90 Å². The number of piperazine rings is 1. The van der Waals surface area contributed by atoms with Crippen LogP contribution in [0.1, 0.15) is 25.0 Å². The zero-order chi connectivity index (χ0) is 20.3. The van der Waals surface area contributed by atoms with E-state index >= 15 is 0 Å². The van der Waals surface area contributed by atoms with Crippen LogP contribution in [0.25, 0.3) is 0 Å². The van der Waals surface area contributed by atoms with Crippen molar-refractivity contribution in [2.75, 3.05) is 31.1 Å². The number of rotatable bonds is 4. The van der Waals surface area contributed by atoms with E-state index in [1.54, 1.807) is 6.07 Å². The third kappa shape index (κ3) is 3.67. The largest absolute Gasteiger partial charge is 0.367 e. The van der Waals surface area contributed by atoms with Crippen LogP contribution in [-0.4, -0.2) is 41.9 Å². The quantitative estimate of drug-likeness (QED) is 0.602. The number of amides is 1. The van der Waals surface area contributed by atoms with Crippen molar-refractivity contribution >= 4 is 17.3 Å². The first-order valence-corrected chi connectivity index (χ1v) is 9.13. The molecule has 1 amide bonds. The van der Waals surface area contributed by atoms with E-state index in [1.807, 2.05) is 60.0 Å². The monoisotopic (exact) mass is 378 g/mol. The number of non-ortho nitro benzene ring substituents is 1. The molecule has 0 spiro atoms. The lowest BCUT2D eigenvalue weighted by molar-refractivity contribution is -0.384. The van der Waals surface area contributed by atoms with Gasteiger partial charge in [-0.25, -0.2) is 0 Å². The minimum Gasteiger partial charge on any atom is -0.367 e. The third-order valence-electron chi connectivity index (χ3n) is 5.25. The van der Waals surface area contributed by atoms with Crippen molar-refractivity contribution < 1.29 is 9.72 Å². The predicted molar refractivity (Wildman–Crippen MR) is 106 cm³/mol. The first-order valence-electron chi connectivity index (χ1n) is 9.13. The summed E-state index contributed by atoms with van der Waals surface area (Å²) in [6.07, 6.45) is 0. The molecule has 1 aliphatic rings. The second-order valence-electron chi connectivity index (χ2n) is 7.34. The summed E-state index contributed by atoms with van der Waals surface area (Å²) in [5.74, 6) is 0.0718. The number of carbonyl (C=O) groups is 1. The maximum atomic E-state index is 13.1. The predicted octanol–water partition coefficient (Wildman–Crippen LogP) is 3.09. The van der Waals surface area contributed by atoms with E-state index < -0.39 is 10.3 Å². The van der Waals surface area contributed by atoms with Gasteiger partial charge in [0.05, 0.1) is 21.6 Å². The van der Waals surface area contributed by atoms with Crippen molar-refractivity contribution in [3.05, 3.63) is 69.8 Å². The number of carbonyl (C=O) groups excluding carboxylic acids is 1. The lowest BCUT2D eigenvalue weighted by atomic mass is 9.83. The van der Waals surface area contributed by atoms with Gasteiger partial charge in [0.1, 0.15) is 6.07 Å². The summed E-state index contributed by atoms with van der Waals surface area (Å²) in [5, 5.41) is 20.3. The zero-order valence-electron chi connectivity index (χ0n) is 16.0. The van der Waals surface area contributed by atoms with Crippen LogP contribution in [0.2, 0.25) is 0 Å². The molecular formula is C21H22N4O3. The molecule has 7 heteroatoms. The molecule has 7 nitrogen and oxygen atoms in total. The molecule has 0 radical (unpaired) electrons. The SMILES string of the molecule is CC(C)(C(=O)N1CCN(c2ccc([N+](=O)[O-])cc2C#N)CC1)c1ccccc1. The van der Waals surface area contributed by atoms with E-state index in [0.717, 1.165) is 5.56 Å². The fraction of sp³-hybridized carbons (Fsp3) is 0.333. The van der Waals surface area contributed by atoms with Gasteiger partial charge in [0.15, 0.2) is 0 Å². The average molecular weight is 378 g/mol. The Kier molecular flexibility index (Phi) is 5.32. The van der Waals surface area contributed by atoms with Gasteiger partial charge in [-0.2, -0.15) is 5.26 Å². The number of nitriles is 1. The Morgan fingerprint density at radius 1 is 1.11 bits per heavy atom. The highest BCUT2D eigenvalue weighted by Gasteiger charge is 2.35. The standard InChI is InChI=1S/C21H22N4O3/c1-21(2,17-6-4-3-5-7-17)20(26)24-12-10-23(11-13-24)19-9-8-18(25(27)28)14-16(19)15-22/h3-9,14H,10-13H2,1-2H3. The Labute approximate surface area is 163 Å². The smallest absolute Gasteiger partial charge is 0.270 e. The molecule has 2 aromatic carbocycles. The molecule has 28 heavy (non-hydrogen) atoms. The van der Waals surface area contributed by atoms with Gasteiger partial charge in [-0.15, -0.1) is 0 Å². The van der Waals surface area contributed by atoms with Crippen LogP contribution in [0.5, 0.6) is 0 Å². The van der Waals surface area contributed by atoms with E-state index in [-0.39, 0.29) is 17.2 Å². The van der Waals surface area contributed by atoms with Gasteiger partial charge in [-0.1, -0.05) is 30.3 Å². The molecule has 1 saturated heterocycles. The number of nitro benzene ring substituents is 1. The molecule has 0 N–H and O–H groups in total. The maximum Gasteiger partial charge on any atom is 0.270 e. The number of anilines is 1. The first kappa shape index (κ1) is 19.4.